The Morgan fingerprint density at radius 1 is 1.36 bits per heavy atom. The predicted molar refractivity (Wildman–Crippen MR) is 85.8 cm³/mol. The predicted octanol–water partition coefficient (Wildman–Crippen LogP) is 2.91. The SMILES string of the molecule is CCC(CC)n1ncc(C)c1NC(=O)NCc1cc(C)[nH]n1. The highest BCUT2D eigenvalue weighted by molar-refractivity contribution is 5.89. The van der Waals surface area contributed by atoms with E-state index in [4.69, 9.17) is 0 Å². The first-order chi connectivity index (χ1) is 10.5. The van der Waals surface area contributed by atoms with Gasteiger partial charge in [-0.1, -0.05) is 13.8 Å². The molecular weight excluding hydrogens is 280 g/mol. The molecule has 2 heterocycles. The highest BCUT2D eigenvalue weighted by atomic mass is 16.2. The minimum Gasteiger partial charge on any atom is -0.332 e. The van der Waals surface area contributed by atoms with Crippen LogP contribution >= 0.6 is 0 Å². The van der Waals surface area contributed by atoms with Crippen molar-refractivity contribution in [1.29, 1.82) is 0 Å². The van der Waals surface area contributed by atoms with Gasteiger partial charge in [-0.15, -0.1) is 0 Å². The number of rotatable bonds is 6. The molecule has 2 aromatic heterocycles. The van der Waals surface area contributed by atoms with Crippen LogP contribution in [0.25, 0.3) is 0 Å². The molecule has 0 saturated heterocycles. The lowest BCUT2D eigenvalue weighted by Gasteiger charge is -2.17. The third-order valence-corrected chi connectivity index (χ3v) is 3.69. The van der Waals surface area contributed by atoms with E-state index in [1.165, 1.54) is 0 Å². The molecule has 2 aromatic rings. The zero-order chi connectivity index (χ0) is 16.1. The van der Waals surface area contributed by atoms with Gasteiger partial charge in [0.25, 0.3) is 0 Å². The van der Waals surface area contributed by atoms with Crippen LogP contribution in [0.3, 0.4) is 0 Å². The number of hydrogen-bond acceptors (Lipinski definition) is 3. The number of urea groups is 1. The molecule has 22 heavy (non-hydrogen) atoms. The third kappa shape index (κ3) is 3.66. The van der Waals surface area contributed by atoms with Crippen LogP contribution < -0.4 is 10.6 Å². The molecule has 0 unspecified atom stereocenters. The second kappa shape index (κ2) is 7.11. The van der Waals surface area contributed by atoms with E-state index in [-0.39, 0.29) is 12.1 Å². The van der Waals surface area contributed by atoms with Gasteiger partial charge >= 0.3 is 6.03 Å². The summed E-state index contributed by atoms with van der Waals surface area (Å²) in [7, 11) is 0. The maximum Gasteiger partial charge on any atom is 0.320 e. The minimum absolute atomic E-state index is 0.253. The zero-order valence-electron chi connectivity index (χ0n) is 13.6. The molecule has 0 aliphatic carbocycles. The number of aryl methyl sites for hydroxylation is 2. The number of carbonyl (C=O) groups excluding carboxylic acids is 1. The Morgan fingerprint density at radius 2 is 2.09 bits per heavy atom. The number of H-pyrrole nitrogens is 1. The van der Waals surface area contributed by atoms with Crippen LogP contribution in [0.1, 0.15) is 49.7 Å². The summed E-state index contributed by atoms with van der Waals surface area (Å²) in [6, 6.07) is 1.94. The van der Waals surface area contributed by atoms with E-state index in [1.54, 1.807) is 6.20 Å². The van der Waals surface area contributed by atoms with Crippen molar-refractivity contribution in [2.45, 2.75) is 53.1 Å². The molecule has 3 N–H and O–H groups in total. The Hall–Kier alpha value is -2.31. The molecule has 0 aromatic carbocycles. The summed E-state index contributed by atoms with van der Waals surface area (Å²) in [6.45, 7) is 8.49. The molecule has 0 spiro atoms. The first-order valence-electron chi connectivity index (χ1n) is 7.65. The van der Waals surface area contributed by atoms with Gasteiger partial charge in [0.1, 0.15) is 5.82 Å². The Kier molecular flexibility index (Phi) is 5.19. The molecular formula is C15H24N6O. The summed E-state index contributed by atoms with van der Waals surface area (Å²) in [5.74, 6) is 0.754. The Balaban J connectivity index is 2.00. The highest BCUT2D eigenvalue weighted by Crippen LogP contribution is 2.23. The van der Waals surface area contributed by atoms with Crippen molar-refractivity contribution >= 4 is 11.8 Å². The van der Waals surface area contributed by atoms with E-state index in [0.717, 1.165) is 35.6 Å². The lowest BCUT2D eigenvalue weighted by molar-refractivity contribution is 0.251. The van der Waals surface area contributed by atoms with E-state index in [1.807, 2.05) is 24.6 Å². The number of nitrogens with zero attached hydrogens (tertiary/aromatic N) is 3. The van der Waals surface area contributed by atoms with Crippen LogP contribution in [0.5, 0.6) is 0 Å². The second-order valence-electron chi connectivity index (χ2n) is 5.44. The van der Waals surface area contributed by atoms with Crippen molar-refractivity contribution in [2.75, 3.05) is 5.32 Å². The van der Waals surface area contributed by atoms with Gasteiger partial charge in [-0.2, -0.15) is 10.2 Å². The Morgan fingerprint density at radius 3 is 2.68 bits per heavy atom. The molecule has 2 amide bonds. The fourth-order valence-electron chi connectivity index (χ4n) is 2.40. The maximum atomic E-state index is 12.1. The molecule has 120 valence electrons. The van der Waals surface area contributed by atoms with Crippen LogP contribution in [-0.4, -0.2) is 26.0 Å². The van der Waals surface area contributed by atoms with Crippen LogP contribution in [0, 0.1) is 13.8 Å². The molecule has 7 nitrogen and oxygen atoms in total. The van der Waals surface area contributed by atoms with Gasteiger partial charge in [0.2, 0.25) is 0 Å². The van der Waals surface area contributed by atoms with Crippen LogP contribution in [0.2, 0.25) is 0 Å². The average Bonchev–Trinajstić information content (AvgIpc) is 3.07. The summed E-state index contributed by atoms with van der Waals surface area (Å²) in [6.07, 6.45) is 3.73. The van der Waals surface area contributed by atoms with Gasteiger partial charge in [0.05, 0.1) is 24.5 Å². The average molecular weight is 304 g/mol. The number of hydrogen-bond donors (Lipinski definition) is 3. The summed E-state index contributed by atoms with van der Waals surface area (Å²) in [4.78, 5) is 12.1. The molecule has 0 aliphatic heterocycles. The first kappa shape index (κ1) is 16.1. The third-order valence-electron chi connectivity index (χ3n) is 3.69. The molecule has 0 radical (unpaired) electrons. The monoisotopic (exact) mass is 304 g/mol. The number of amides is 2. The lowest BCUT2D eigenvalue weighted by atomic mass is 10.2. The van der Waals surface area contributed by atoms with Crippen molar-refractivity contribution in [3.8, 4) is 0 Å². The van der Waals surface area contributed by atoms with E-state index in [0.29, 0.717) is 6.54 Å². The number of carbonyl (C=O) groups is 1. The summed E-state index contributed by atoms with van der Waals surface area (Å²) < 4.78 is 1.90. The fourth-order valence-corrected chi connectivity index (χ4v) is 2.40. The van der Waals surface area contributed by atoms with E-state index in [9.17, 15) is 4.79 Å². The second-order valence-corrected chi connectivity index (χ2v) is 5.44. The standard InChI is InChI=1S/C15H24N6O/c1-5-13(6-2)21-14(10(3)8-17-21)18-15(22)16-9-12-7-11(4)19-20-12/h7-8,13H,5-6,9H2,1-4H3,(H,19,20)(H2,16,18,22). The molecule has 0 bridgehead atoms. The number of aromatic amines is 1. The van der Waals surface area contributed by atoms with Crippen molar-refractivity contribution in [1.82, 2.24) is 25.3 Å². The molecule has 7 heteroatoms. The van der Waals surface area contributed by atoms with E-state index < -0.39 is 0 Å². The number of aromatic nitrogens is 4. The van der Waals surface area contributed by atoms with Crippen molar-refractivity contribution in [3.05, 3.63) is 29.2 Å². The topological polar surface area (TPSA) is 87.6 Å². The Labute approximate surface area is 130 Å². The van der Waals surface area contributed by atoms with Gasteiger partial charge in [-0.05, 0) is 32.8 Å². The van der Waals surface area contributed by atoms with Gasteiger partial charge in [-0.25, -0.2) is 9.48 Å². The minimum atomic E-state index is -0.253. The normalized spacial score (nSPS) is 11.0. The fraction of sp³-hybridized carbons (Fsp3) is 0.533. The van der Waals surface area contributed by atoms with Gasteiger partial charge in [0.15, 0.2) is 0 Å². The van der Waals surface area contributed by atoms with Crippen LogP contribution in [0.4, 0.5) is 10.6 Å². The maximum absolute atomic E-state index is 12.1. The summed E-state index contributed by atoms with van der Waals surface area (Å²) in [5, 5.41) is 17.0. The molecule has 0 saturated carbocycles. The van der Waals surface area contributed by atoms with Crippen LogP contribution in [-0.2, 0) is 6.54 Å². The first-order valence-corrected chi connectivity index (χ1v) is 7.65. The van der Waals surface area contributed by atoms with E-state index >= 15 is 0 Å². The molecule has 0 fully saturated rings. The molecule has 2 rings (SSSR count). The summed E-state index contributed by atoms with van der Waals surface area (Å²) >= 11 is 0. The lowest BCUT2D eigenvalue weighted by Crippen LogP contribution is -2.30. The number of nitrogens with one attached hydrogen (secondary N) is 3. The number of anilines is 1. The van der Waals surface area contributed by atoms with Gasteiger partial charge < -0.3 is 5.32 Å². The smallest absolute Gasteiger partial charge is 0.320 e. The molecule has 0 aliphatic rings. The van der Waals surface area contributed by atoms with Gasteiger partial charge in [-0.3, -0.25) is 10.4 Å². The Bertz CT molecular complexity index is 626. The quantitative estimate of drug-likeness (QED) is 0.766. The zero-order valence-corrected chi connectivity index (χ0v) is 13.6. The van der Waals surface area contributed by atoms with Gasteiger partial charge in [0, 0.05) is 11.3 Å². The molecule has 0 atom stereocenters. The van der Waals surface area contributed by atoms with Crippen molar-refractivity contribution in [2.24, 2.45) is 0 Å². The largest absolute Gasteiger partial charge is 0.332 e. The highest BCUT2D eigenvalue weighted by Gasteiger charge is 2.16. The van der Waals surface area contributed by atoms with E-state index in [2.05, 4.69) is 39.8 Å². The van der Waals surface area contributed by atoms with Crippen LogP contribution in [0.15, 0.2) is 12.3 Å². The van der Waals surface area contributed by atoms with Crippen molar-refractivity contribution in [3.63, 3.8) is 0 Å². The van der Waals surface area contributed by atoms with Crippen molar-refractivity contribution < 1.29 is 4.79 Å². The summed E-state index contributed by atoms with van der Waals surface area (Å²) in [5.41, 5.74) is 2.73.